The van der Waals surface area contributed by atoms with E-state index in [0.717, 1.165) is 12.5 Å². The number of ether oxygens (including phenoxy) is 2. The molecule has 6 heteroatoms. The van der Waals surface area contributed by atoms with E-state index in [-0.39, 0.29) is 19.1 Å². The summed E-state index contributed by atoms with van der Waals surface area (Å²) in [6.07, 6.45) is 5.07. The molecular formula is C14H19NO5. The predicted molar refractivity (Wildman–Crippen MR) is 73.2 cm³/mol. The van der Waals surface area contributed by atoms with E-state index in [1.165, 1.54) is 6.08 Å². The van der Waals surface area contributed by atoms with Gasteiger partial charge in [0.15, 0.2) is 0 Å². The molecule has 6 nitrogen and oxygen atoms in total. The summed E-state index contributed by atoms with van der Waals surface area (Å²) in [6.45, 7) is 3.31. The second-order valence-electron chi connectivity index (χ2n) is 4.07. The number of carbonyl (C=O) groups excluding carboxylic acids is 1. The van der Waals surface area contributed by atoms with Crippen molar-refractivity contribution in [2.75, 3.05) is 19.8 Å². The van der Waals surface area contributed by atoms with Crippen LogP contribution < -0.4 is 0 Å². The Kier molecular flexibility index (Phi) is 7.13. The van der Waals surface area contributed by atoms with Crippen LogP contribution in [0.15, 0.2) is 24.4 Å². The number of carbonyl (C=O) groups is 2. The lowest BCUT2D eigenvalue weighted by molar-refractivity contribution is -0.145. The third-order valence-electron chi connectivity index (χ3n) is 2.40. The van der Waals surface area contributed by atoms with E-state index in [1.807, 2.05) is 6.92 Å². The molecule has 1 aromatic heterocycles. The van der Waals surface area contributed by atoms with Crippen molar-refractivity contribution in [1.82, 2.24) is 4.57 Å². The third-order valence-corrected chi connectivity index (χ3v) is 2.40. The lowest BCUT2D eigenvalue weighted by Gasteiger charge is -2.07. The van der Waals surface area contributed by atoms with Crippen LogP contribution in [0.5, 0.6) is 0 Å². The van der Waals surface area contributed by atoms with Gasteiger partial charge in [0, 0.05) is 24.6 Å². The molecule has 20 heavy (non-hydrogen) atoms. The van der Waals surface area contributed by atoms with Crippen molar-refractivity contribution in [3.05, 3.63) is 30.1 Å². The maximum atomic E-state index is 11.6. The Morgan fingerprint density at radius 2 is 2.15 bits per heavy atom. The fourth-order valence-corrected chi connectivity index (χ4v) is 1.52. The van der Waals surface area contributed by atoms with Crippen molar-refractivity contribution in [2.24, 2.45) is 0 Å². The van der Waals surface area contributed by atoms with Crippen molar-refractivity contribution >= 4 is 18.0 Å². The molecule has 0 aliphatic rings. The maximum absolute atomic E-state index is 11.6. The molecule has 0 atom stereocenters. The van der Waals surface area contributed by atoms with Crippen LogP contribution in [0.4, 0.5) is 0 Å². The van der Waals surface area contributed by atoms with Gasteiger partial charge in [-0.3, -0.25) is 4.79 Å². The number of aromatic nitrogens is 1. The molecule has 1 N–H and O–H groups in total. The van der Waals surface area contributed by atoms with E-state index in [9.17, 15) is 9.59 Å². The first-order valence-corrected chi connectivity index (χ1v) is 6.43. The lowest BCUT2D eigenvalue weighted by Crippen LogP contribution is -2.16. The van der Waals surface area contributed by atoms with Gasteiger partial charge >= 0.3 is 11.9 Å². The van der Waals surface area contributed by atoms with Crippen molar-refractivity contribution < 1.29 is 24.2 Å². The van der Waals surface area contributed by atoms with Gasteiger partial charge in [-0.2, -0.15) is 0 Å². The molecule has 0 aliphatic heterocycles. The summed E-state index contributed by atoms with van der Waals surface area (Å²) < 4.78 is 11.8. The van der Waals surface area contributed by atoms with Crippen molar-refractivity contribution in [3.8, 4) is 0 Å². The highest BCUT2D eigenvalue weighted by atomic mass is 16.6. The molecule has 0 amide bonds. The summed E-state index contributed by atoms with van der Waals surface area (Å²) >= 11 is 0. The summed E-state index contributed by atoms with van der Waals surface area (Å²) in [7, 11) is 0. The van der Waals surface area contributed by atoms with Gasteiger partial charge in [0.2, 0.25) is 0 Å². The molecule has 0 radical (unpaired) electrons. The monoisotopic (exact) mass is 281 g/mol. The Labute approximate surface area is 117 Å². The third kappa shape index (κ3) is 6.19. The zero-order chi connectivity index (χ0) is 14.8. The van der Waals surface area contributed by atoms with Crippen molar-refractivity contribution in [2.45, 2.75) is 19.9 Å². The smallest absolute Gasteiger partial charge is 0.328 e. The molecule has 110 valence electrons. The molecule has 1 aromatic rings. The molecule has 1 heterocycles. The molecular weight excluding hydrogens is 262 g/mol. The van der Waals surface area contributed by atoms with Crippen LogP contribution in [0.25, 0.3) is 6.08 Å². The van der Waals surface area contributed by atoms with E-state index in [0.29, 0.717) is 18.9 Å². The minimum atomic E-state index is -1.03. The molecule has 0 bridgehead atoms. The van der Waals surface area contributed by atoms with E-state index in [2.05, 4.69) is 0 Å². The van der Waals surface area contributed by atoms with E-state index < -0.39 is 5.97 Å². The summed E-state index contributed by atoms with van der Waals surface area (Å²) in [6, 6.07) is 3.45. The SMILES string of the molecule is CCCOCCOC(=O)Cn1cccc1/C=C/C(=O)O. The standard InChI is InChI=1S/C14H19NO5/c1-2-8-19-9-10-20-14(18)11-15-7-3-4-12(15)5-6-13(16)17/h3-7H,2,8-11H2,1H3,(H,16,17)/b6-5+. The number of nitrogens with zero attached hydrogens (tertiary/aromatic N) is 1. The molecule has 0 aromatic carbocycles. The van der Waals surface area contributed by atoms with Gasteiger partial charge in [0.25, 0.3) is 0 Å². The number of carboxylic acids is 1. The minimum Gasteiger partial charge on any atom is -0.478 e. The Morgan fingerprint density at radius 3 is 2.85 bits per heavy atom. The number of carboxylic acid groups (broad SMARTS) is 1. The van der Waals surface area contributed by atoms with Gasteiger partial charge in [-0.05, 0) is 24.6 Å². The molecule has 0 aliphatic carbocycles. The topological polar surface area (TPSA) is 77.8 Å². The van der Waals surface area contributed by atoms with Crippen LogP contribution >= 0.6 is 0 Å². The first kappa shape index (κ1) is 16.0. The van der Waals surface area contributed by atoms with E-state index in [4.69, 9.17) is 14.6 Å². The zero-order valence-electron chi connectivity index (χ0n) is 11.4. The molecule has 0 unspecified atom stereocenters. The Balaban J connectivity index is 2.38. The van der Waals surface area contributed by atoms with E-state index >= 15 is 0 Å². The molecule has 0 spiro atoms. The highest BCUT2D eigenvalue weighted by Gasteiger charge is 2.06. The van der Waals surface area contributed by atoms with E-state index in [1.54, 1.807) is 22.9 Å². The molecule has 0 saturated carbocycles. The number of aliphatic carboxylic acids is 1. The van der Waals surface area contributed by atoms with Crippen LogP contribution in [0.1, 0.15) is 19.0 Å². The van der Waals surface area contributed by atoms with Gasteiger partial charge in [0.05, 0.1) is 6.61 Å². The first-order chi connectivity index (χ1) is 9.63. The van der Waals surface area contributed by atoms with Crippen LogP contribution in [0, 0.1) is 0 Å². The van der Waals surface area contributed by atoms with Crippen molar-refractivity contribution in [1.29, 1.82) is 0 Å². The summed E-state index contributed by atoms with van der Waals surface area (Å²) in [5.74, 6) is -1.42. The van der Waals surface area contributed by atoms with Gasteiger partial charge in [0.1, 0.15) is 13.2 Å². The van der Waals surface area contributed by atoms with Crippen LogP contribution in [-0.4, -0.2) is 41.4 Å². The largest absolute Gasteiger partial charge is 0.478 e. The average molecular weight is 281 g/mol. The van der Waals surface area contributed by atoms with Gasteiger partial charge in [-0.25, -0.2) is 4.79 Å². The normalized spacial score (nSPS) is 10.8. The van der Waals surface area contributed by atoms with Gasteiger partial charge in [-0.15, -0.1) is 0 Å². The summed E-state index contributed by atoms with van der Waals surface area (Å²) in [5, 5.41) is 8.57. The number of esters is 1. The second-order valence-corrected chi connectivity index (χ2v) is 4.07. The summed E-state index contributed by atoms with van der Waals surface area (Å²) in [5.41, 5.74) is 0.631. The van der Waals surface area contributed by atoms with Crippen LogP contribution in [0.3, 0.4) is 0 Å². The number of hydrogen-bond acceptors (Lipinski definition) is 4. The van der Waals surface area contributed by atoms with Crippen molar-refractivity contribution in [3.63, 3.8) is 0 Å². The van der Waals surface area contributed by atoms with Crippen LogP contribution in [0.2, 0.25) is 0 Å². The quantitative estimate of drug-likeness (QED) is 0.422. The van der Waals surface area contributed by atoms with Gasteiger partial charge in [-0.1, -0.05) is 6.92 Å². The highest BCUT2D eigenvalue weighted by Crippen LogP contribution is 2.05. The fourth-order valence-electron chi connectivity index (χ4n) is 1.52. The minimum absolute atomic E-state index is 0.0417. The molecule has 0 fully saturated rings. The Bertz CT molecular complexity index is 464. The van der Waals surface area contributed by atoms with Gasteiger partial charge < -0.3 is 19.1 Å². The second kappa shape index (κ2) is 8.92. The highest BCUT2D eigenvalue weighted by molar-refractivity contribution is 5.85. The lowest BCUT2D eigenvalue weighted by atomic mass is 10.3. The zero-order valence-corrected chi connectivity index (χ0v) is 11.4. The Hall–Kier alpha value is -2.08. The van der Waals surface area contributed by atoms with Crippen LogP contribution in [-0.2, 0) is 25.6 Å². The first-order valence-electron chi connectivity index (χ1n) is 6.43. The summed E-state index contributed by atoms with van der Waals surface area (Å²) in [4.78, 5) is 22.0. The number of rotatable bonds is 9. The number of hydrogen-bond donors (Lipinski definition) is 1. The molecule has 1 rings (SSSR count). The average Bonchev–Trinajstić information content (AvgIpc) is 2.83. The maximum Gasteiger partial charge on any atom is 0.328 e. The molecule has 0 saturated heterocycles. The fraction of sp³-hybridized carbons (Fsp3) is 0.429. The Morgan fingerprint density at radius 1 is 1.35 bits per heavy atom. The predicted octanol–water partition coefficient (Wildman–Crippen LogP) is 1.56.